The Balaban J connectivity index is 1.83. The molecule has 1 N–H and O–H groups in total. The third-order valence-corrected chi connectivity index (χ3v) is 3.36. The molecule has 1 fully saturated rings. The third-order valence-electron chi connectivity index (χ3n) is 3.15. The Labute approximate surface area is 117 Å². The Hall–Kier alpha value is -1.17. The van der Waals surface area contributed by atoms with Crippen molar-refractivity contribution < 1.29 is 9.53 Å². The van der Waals surface area contributed by atoms with E-state index in [1.807, 2.05) is 0 Å². The summed E-state index contributed by atoms with van der Waals surface area (Å²) in [5.74, 6) is -0.151. The van der Waals surface area contributed by atoms with Gasteiger partial charge in [0.15, 0.2) is 0 Å². The smallest absolute Gasteiger partial charge is 0.251 e. The van der Waals surface area contributed by atoms with Crippen LogP contribution in [0.5, 0.6) is 0 Å². The van der Waals surface area contributed by atoms with Crippen LogP contribution in [0.3, 0.4) is 0 Å². The van der Waals surface area contributed by atoms with Crippen molar-refractivity contribution in [2.45, 2.75) is 13.0 Å². The average molecular weight is 284 g/mol. The summed E-state index contributed by atoms with van der Waals surface area (Å²) in [5.41, 5.74) is 0.517. The second-order valence-electron chi connectivity index (χ2n) is 4.46. The Morgan fingerprint density at radius 3 is 3.26 bits per heavy atom. The zero-order valence-corrected chi connectivity index (χ0v) is 11.7. The van der Waals surface area contributed by atoms with Gasteiger partial charge in [0.2, 0.25) is 0 Å². The van der Waals surface area contributed by atoms with E-state index >= 15 is 0 Å². The first-order chi connectivity index (χ1) is 9.19. The van der Waals surface area contributed by atoms with E-state index in [9.17, 15) is 4.79 Å². The van der Waals surface area contributed by atoms with E-state index in [1.165, 1.54) is 6.20 Å². The molecule has 1 aliphatic heterocycles. The second kappa shape index (κ2) is 6.84. The predicted molar refractivity (Wildman–Crippen MR) is 73.4 cm³/mol. The van der Waals surface area contributed by atoms with Crippen LogP contribution in [0, 0.1) is 0 Å². The summed E-state index contributed by atoms with van der Waals surface area (Å²) >= 11 is 5.75. The highest BCUT2D eigenvalue weighted by atomic mass is 35.5. The van der Waals surface area contributed by atoms with Crippen LogP contribution in [0.4, 0.5) is 0 Å². The van der Waals surface area contributed by atoms with Crippen LogP contribution in [0.15, 0.2) is 18.3 Å². The lowest BCUT2D eigenvalue weighted by atomic mass is 10.2. The molecule has 1 saturated heterocycles. The lowest BCUT2D eigenvalue weighted by Gasteiger charge is -2.32. The van der Waals surface area contributed by atoms with Crippen LogP contribution in [0.25, 0.3) is 0 Å². The minimum Gasteiger partial charge on any atom is -0.374 e. The highest BCUT2D eigenvalue weighted by Crippen LogP contribution is 2.07. The highest BCUT2D eigenvalue weighted by Gasteiger charge is 2.19. The van der Waals surface area contributed by atoms with E-state index in [-0.39, 0.29) is 12.0 Å². The number of hydrogen-bond donors (Lipinski definition) is 1. The zero-order valence-electron chi connectivity index (χ0n) is 10.9. The van der Waals surface area contributed by atoms with Gasteiger partial charge in [-0.1, -0.05) is 18.5 Å². The Bertz CT molecular complexity index is 442. The van der Waals surface area contributed by atoms with E-state index in [4.69, 9.17) is 16.3 Å². The predicted octanol–water partition coefficient (Wildman–Crippen LogP) is 1.19. The number of halogens is 1. The fourth-order valence-electron chi connectivity index (χ4n) is 2.04. The molecule has 6 heteroatoms. The summed E-state index contributed by atoms with van der Waals surface area (Å²) in [4.78, 5) is 18.1. The normalized spacial score (nSPS) is 20.2. The second-order valence-corrected chi connectivity index (χ2v) is 4.85. The monoisotopic (exact) mass is 283 g/mol. The summed E-state index contributed by atoms with van der Waals surface area (Å²) < 4.78 is 5.63. The number of likely N-dealkylation sites (N-methyl/N-ethyl adjacent to an activating group) is 1. The van der Waals surface area contributed by atoms with Crippen LogP contribution < -0.4 is 5.32 Å². The van der Waals surface area contributed by atoms with Crippen LogP contribution in [-0.4, -0.2) is 54.7 Å². The van der Waals surface area contributed by atoms with E-state index in [0.717, 1.165) is 26.2 Å². The molecule has 104 valence electrons. The molecule has 1 amide bonds. The van der Waals surface area contributed by atoms with Crippen molar-refractivity contribution in [3.05, 3.63) is 29.0 Å². The van der Waals surface area contributed by atoms with Gasteiger partial charge >= 0.3 is 0 Å². The molecule has 2 rings (SSSR count). The molecule has 2 heterocycles. The first-order valence-corrected chi connectivity index (χ1v) is 6.80. The molecule has 1 aliphatic rings. The number of amides is 1. The number of carbonyl (C=O) groups excluding carboxylic acids is 1. The molecular weight excluding hydrogens is 266 g/mol. The molecule has 1 aromatic rings. The lowest BCUT2D eigenvalue weighted by molar-refractivity contribution is -0.0246. The SMILES string of the molecule is CCN1CCOC(CNC(=O)c2ccnc(Cl)c2)C1. The largest absolute Gasteiger partial charge is 0.374 e. The van der Waals surface area contributed by atoms with Gasteiger partial charge in [-0.05, 0) is 18.7 Å². The number of pyridine rings is 1. The van der Waals surface area contributed by atoms with Crippen molar-refractivity contribution in [1.82, 2.24) is 15.2 Å². The molecule has 0 radical (unpaired) electrons. The molecular formula is C13H18ClN3O2. The maximum atomic E-state index is 11.9. The van der Waals surface area contributed by atoms with Crippen molar-refractivity contribution in [3.8, 4) is 0 Å². The number of nitrogens with zero attached hydrogens (tertiary/aromatic N) is 2. The number of carbonyl (C=O) groups is 1. The van der Waals surface area contributed by atoms with Crippen molar-refractivity contribution in [2.24, 2.45) is 0 Å². The fourth-order valence-corrected chi connectivity index (χ4v) is 2.22. The van der Waals surface area contributed by atoms with Gasteiger partial charge < -0.3 is 10.1 Å². The summed E-state index contributed by atoms with van der Waals surface area (Å²) in [7, 11) is 0. The number of nitrogens with one attached hydrogen (secondary N) is 1. The van der Waals surface area contributed by atoms with E-state index < -0.39 is 0 Å². The molecule has 0 spiro atoms. The minimum absolute atomic E-state index is 0.0509. The first kappa shape index (κ1) is 14.2. The van der Waals surface area contributed by atoms with Gasteiger partial charge in [0.25, 0.3) is 5.91 Å². The lowest BCUT2D eigenvalue weighted by Crippen LogP contribution is -2.47. The molecule has 1 atom stereocenters. The average Bonchev–Trinajstić information content (AvgIpc) is 2.45. The van der Waals surface area contributed by atoms with Gasteiger partial charge in [0, 0.05) is 31.4 Å². The molecule has 1 aromatic heterocycles. The van der Waals surface area contributed by atoms with Crippen molar-refractivity contribution >= 4 is 17.5 Å². The summed E-state index contributed by atoms with van der Waals surface area (Å²) in [5, 5.41) is 3.18. The Morgan fingerprint density at radius 1 is 1.68 bits per heavy atom. The highest BCUT2D eigenvalue weighted by molar-refractivity contribution is 6.29. The van der Waals surface area contributed by atoms with E-state index in [1.54, 1.807) is 12.1 Å². The molecule has 19 heavy (non-hydrogen) atoms. The molecule has 0 aromatic carbocycles. The number of aromatic nitrogens is 1. The van der Waals surface area contributed by atoms with Crippen molar-refractivity contribution in [2.75, 3.05) is 32.8 Å². The molecule has 1 unspecified atom stereocenters. The Kier molecular flexibility index (Phi) is 5.13. The van der Waals surface area contributed by atoms with Crippen LogP contribution in [0.2, 0.25) is 5.15 Å². The topological polar surface area (TPSA) is 54.5 Å². The molecule has 0 bridgehead atoms. The third kappa shape index (κ3) is 4.16. The number of ether oxygens (including phenoxy) is 1. The quantitative estimate of drug-likeness (QED) is 0.844. The van der Waals surface area contributed by atoms with Gasteiger partial charge in [-0.15, -0.1) is 0 Å². The summed E-state index contributed by atoms with van der Waals surface area (Å²) in [6.07, 6.45) is 1.57. The van der Waals surface area contributed by atoms with Gasteiger partial charge in [0.05, 0.1) is 12.7 Å². The summed E-state index contributed by atoms with van der Waals surface area (Å²) in [6, 6.07) is 3.19. The van der Waals surface area contributed by atoms with Gasteiger partial charge in [-0.2, -0.15) is 0 Å². The number of morpholine rings is 1. The Morgan fingerprint density at radius 2 is 2.53 bits per heavy atom. The number of rotatable bonds is 4. The number of hydrogen-bond acceptors (Lipinski definition) is 4. The van der Waals surface area contributed by atoms with Gasteiger partial charge in [-0.3, -0.25) is 9.69 Å². The van der Waals surface area contributed by atoms with Crippen molar-refractivity contribution in [1.29, 1.82) is 0 Å². The van der Waals surface area contributed by atoms with Crippen molar-refractivity contribution in [3.63, 3.8) is 0 Å². The zero-order chi connectivity index (χ0) is 13.7. The molecule has 5 nitrogen and oxygen atoms in total. The summed E-state index contributed by atoms with van der Waals surface area (Å²) in [6.45, 7) is 6.17. The van der Waals surface area contributed by atoms with Crippen LogP contribution >= 0.6 is 11.6 Å². The molecule has 0 aliphatic carbocycles. The molecule has 0 saturated carbocycles. The maximum absolute atomic E-state index is 11.9. The minimum atomic E-state index is -0.151. The maximum Gasteiger partial charge on any atom is 0.251 e. The first-order valence-electron chi connectivity index (χ1n) is 6.42. The fraction of sp³-hybridized carbons (Fsp3) is 0.538. The van der Waals surface area contributed by atoms with Gasteiger partial charge in [0.1, 0.15) is 5.15 Å². The van der Waals surface area contributed by atoms with Crippen LogP contribution in [0.1, 0.15) is 17.3 Å². The standard InChI is InChI=1S/C13H18ClN3O2/c1-2-17-5-6-19-11(9-17)8-16-13(18)10-3-4-15-12(14)7-10/h3-4,7,11H,2,5-6,8-9H2,1H3,(H,16,18). The van der Waals surface area contributed by atoms with Crippen LogP contribution in [-0.2, 0) is 4.74 Å². The van der Waals surface area contributed by atoms with Gasteiger partial charge in [-0.25, -0.2) is 4.98 Å². The van der Waals surface area contributed by atoms with E-state index in [0.29, 0.717) is 17.3 Å². The van der Waals surface area contributed by atoms with E-state index in [2.05, 4.69) is 22.1 Å².